The highest BCUT2D eigenvalue weighted by atomic mass is 19.3. The molecule has 0 saturated carbocycles. The van der Waals surface area contributed by atoms with Gasteiger partial charge >= 0.3 is 6.55 Å². The van der Waals surface area contributed by atoms with E-state index in [0.29, 0.717) is 12.4 Å². The lowest BCUT2D eigenvalue weighted by Crippen LogP contribution is -2.46. The average molecular weight is 274 g/mol. The highest BCUT2D eigenvalue weighted by molar-refractivity contribution is 4.93. The predicted molar refractivity (Wildman–Crippen MR) is 66.9 cm³/mol. The zero-order valence-electron chi connectivity index (χ0n) is 10.9. The fraction of sp³-hybridized carbons (Fsp3) is 0.750. The third-order valence-electron chi connectivity index (χ3n) is 3.42. The molecule has 19 heavy (non-hydrogen) atoms. The number of aliphatic hydroxyl groups is 1. The molecule has 1 aliphatic rings. The topological polar surface area (TPSA) is 44.5 Å². The Kier molecular flexibility index (Phi) is 5.24. The molecule has 1 saturated heterocycles. The number of rotatable bonds is 6. The van der Waals surface area contributed by atoms with Crippen LogP contribution in [-0.2, 0) is 6.54 Å². The zero-order chi connectivity index (χ0) is 13.7. The second-order valence-electron chi connectivity index (χ2n) is 4.72. The van der Waals surface area contributed by atoms with Crippen LogP contribution in [0.5, 0.6) is 0 Å². The monoisotopic (exact) mass is 274 g/mol. The van der Waals surface area contributed by atoms with E-state index < -0.39 is 6.55 Å². The Bertz CT molecular complexity index is 378. The lowest BCUT2D eigenvalue weighted by Gasteiger charge is -2.34. The molecule has 1 fully saturated rings. The van der Waals surface area contributed by atoms with E-state index in [1.807, 2.05) is 0 Å². The molecule has 1 N–H and O–H groups in total. The maximum absolute atomic E-state index is 12.7. The Labute approximate surface area is 111 Å². The normalized spacial score (nSPS) is 18.3. The molecular weight excluding hydrogens is 254 g/mol. The summed E-state index contributed by atoms with van der Waals surface area (Å²) < 4.78 is 26.3. The molecule has 0 amide bonds. The maximum Gasteiger partial charge on any atom is 0.319 e. The minimum Gasteiger partial charge on any atom is -0.396 e. The molecule has 0 unspecified atom stereocenters. The smallest absolute Gasteiger partial charge is 0.319 e. The van der Waals surface area contributed by atoms with E-state index in [9.17, 15) is 8.78 Å². The van der Waals surface area contributed by atoms with Crippen molar-refractivity contribution in [1.82, 2.24) is 19.4 Å². The number of halogens is 2. The highest BCUT2D eigenvalue weighted by Gasteiger charge is 2.19. The first kappa shape index (κ1) is 14.4. The molecule has 108 valence electrons. The Balaban J connectivity index is 1.80. The van der Waals surface area contributed by atoms with Gasteiger partial charge in [-0.1, -0.05) is 0 Å². The van der Waals surface area contributed by atoms with Crippen LogP contribution in [0.3, 0.4) is 0 Å². The number of alkyl halides is 2. The van der Waals surface area contributed by atoms with Gasteiger partial charge in [-0.25, -0.2) is 4.98 Å². The van der Waals surface area contributed by atoms with E-state index >= 15 is 0 Å². The summed E-state index contributed by atoms with van der Waals surface area (Å²) in [5.74, 6) is 0.416. The zero-order valence-corrected chi connectivity index (χ0v) is 10.9. The molecule has 0 bridgehead atoms. The van der Waals surface area contributed by atoms with Gasteiger partial charge in [0.05, 0.1) is 6.54 Å². The second-order valence-corrected chi connectivity index (χ2v) is 4.72. The largest absolute Gasteiger partial charge is 0.396 e. The Hall–Kier alpha value is -1.05. The lowest BCUT2D eigenvalue weighted by atomic mass is 10.3. The van der Waals surface area contributed by atoms with Gasteiger partial charge in [-0.2, -0.15) is 8.78 Å². The molecule has 2 heterocycles. The van der Waals surface area contributed by atoms with E-state index in [-0.39, 0.29) is 6.61 Å². The van der Waals surface area contributed by atoms with Crippen molar-refractivity contribution in [2.75, 3.05) is 39.3 Å². The predicted octanol–water partition coefficient (Wildman–Crippen LogP) is 0.778. The van der Waals surface area contributed by atoms with Crippen molar-refractivity contribution in [2.45, 2.75) is 19.5 Å². The van der Waals surface area contributed by atoms with Gasteiger partial charge in [0.2, 0.25) is 0 Å². The number of nitrogens with zero attached hydrogens (tertiary/aromatic N) is 4. The van der Waals surface area contributed by atoms with Crippen LogP contribution in [0.4, 0.5) is 8.78 Å². The van der Waals surface area contributed by atoms with Crippen molar-refractivity contribution in [2.24, 2.45) is 0 Å². The van der Waals surface area contributed by atoms with E-state index in [2.05, 4.69) is 14.8 Å². The van der Waals surface area contributed by atoms with Crippen molar-refractivity contribution >= 4 is 0 Å². The summed E-state index contributed by atoms with van der Waals surface area (Å²) in [5, 5.41) is 8.78. The van der Waals surface area contributed by atoms with Gasteiger partial charge in [0.25, 0.3) is 0 Å². The molecule has 0 spiro atoms. The van der Waals surface area contributed by atoms with Crippen molar-refractivity contribution in [3.8, 4) is 0 Å². The lowest BCUT2D eigenvalue weighted by molar-refractivity contribution is 0.0604. The molecule has 1 aromatic rings. The van der Waals surface area contributed by atoms with Crippen LogP contribution in [-0.4, -0.2) is 63.8 Å². The first-order chi connectivity index (χ1) is 9.20. The average Bonchev–Trinajstić information content (AvgIpc) is 2.86. The van der Waals surface area contributed by atoms with Gasteiger partial charge in [-0.3, -0.25) is 9.47 Å². The summed E-state index contributed by atoms with van der Waals surface area (Å²) in [4.78, 5) is 8.41. The summed E-state index contributed by atoms with van der Waals surface area (Å²) in [7, 11) is 0. The van der Waals surface area contributed by atoms with Crippen LogP contribution in [0.25, 0.3) is 0 Å². The molecule has 7 heteroatoms. The number of piperazine rings is 1. The van der Waals surface area contributed by atoms with Gasteiger partial charge < -0.3 is 10.0 Å². The van der Waals surface area contributed by atoms with Crippen LogP contribution in [0.1, 0.15) is 18.8 Å². The summed E-state index contributed by atoms with van der Waals surface area (Å²) in [6.07, 6.45) is 3.52. The quantitative estimate of drug-likeness (QED) is 0.832. The third-order valence-corrected chi connectivity index (χ3v) is 3.42. The molecule has 0 radical (unpaired) electrons. The van der Waals surface area contributed by atoms with Crippen LogP contribution in [0.2, 0.25) is 0 Å². The summed E-state index contributed by atoms with van der Waals surface area (Å²) in [5.41, 5.74) is 0. The summed E-state index contributed by atoms with van der Waals surface area (Å²) in [6.45, 7) is 2.57. The molecular formula is C12H20F2N4O. The van der Waals surface area contributed by atoms with Gasteiger partial charge in [0, 0.05) is 51.7 Å². The van der Waals surface area contributed by atoms with Crippen LogP contribution >= 0.6 is 0 Å². The number of hydrogen-bond acceptors (Lipinski definition) is 4. The van der Waals surface area contributed by atoms with Gasteiger partial charge in [0.1, 0.15) is 5.82 Å². The first-order valence-electron chi connectivity index (χ1n) is 6.56. The third kappa shape index (κ3) is 3.95. The second kappa shape index (κ2) is 6.93. The number of aliphatic hydroxyl groups excluding tert-OH is 1. The standard InChI is InChI=1S/C12H20F2N4O/c13-12(14)18-4-2-15-11(18)10-17-7-5-16(6-8-17)3-1-9-19/h2,4,12,19H,1,3,5-10H2. The summed E-state index contributed by atoms with van der Waals surface area (Å²) >= 11 is 0. The van der Waals surface area contributed by atoms with Crippen molar-refractivity contribution < 1.29 is 13.9 Å². The molecule has 0 atom stereocenters. The van der Waals surface area contributed by atoms with Gasteiger partial charge in [0.15, 0.2) is 0 Å². The van der Waals surface area contributed by atoms with Crippen LogP contribution < -0.4 is 0 Å². The Morgan fingerprint density at radius 2 is 1.89 bits per heavy atom. The molecule has 1 aromatic heterocycles. The fourth-order valence-corrected chi connectivity index (χ4v) is 2.31. The highest BCUT2D eigenvalue weighted by Crippen LogP contribution is 2.14. The van der Waals surface area contributed by atoms with Crippen molar-refractivity contribution in [3.05, 3.63) is 18.2 Å². The van der Waals surface area contributed by atoms with E-state index in [1.165, 1.54) is 12.4 Å². The van der Waals surface area contributed by atoms with Crippen LogP contribution in [0.15, 0.2) is 12.4 Å². The maximum atomic E-state index is 12.7. The number of hydrogen-bond donors (Lipinski definition) is 1. The van der Waals surface area contributed by atoms with Gasteiger partial charge in [-0.05, 0) is 6.42 Å². The minimum atomic E-state index is -2.52. The minimum absolute atomic E-state index is 0.214. The summed E-state index contributed by atoms with van der Waals surface area (Å²) in [6, 6.07) is 0. The fourth-order valence-electron chi connectivity index (χ4n) is 2.31. The molecule has 1 aliphatic heterocycles. The molecule has 2 rings (SSSR count). The van der Waals surface area contributed by atoms with E-state index in [4.69, 9.17) is 5.11 Å². The van der Waals surface area contributed by atoms with E-state index in [1.54, 1.807) is 0 Å². The SMILES string of the molecule is OCCCN1CCN(Cc2nccn2C(F)F)CC1. The number of aromatic nitrogens is 2. The first-order valence-corrected chi connectivity index (χ1v) is 6.56. The molecule has 5 nitrogen and oxygen atoms in total. The Morgan fingerprint density at radius 3 is 2.53 bits per heavy atom. The Morgan fingerprint density at radius 1 is 1.21 bits per heavy atom. The van der Waals surface area contributed by atoms with Crippen molar-refractivity contribution in [3.63, 3.8) is 0 Å². The van der Waals surface area contributed by atoms with Crippen molar-refractivity contribution in [1.29, 1.82) is 0 Å². The van der Waals surface area contributed by atoms with Gasteiger partial charge in [-0.15, -0.1) is 0 Å². The number of imidazole rings is 1. The van der Waals surface area contributed by atoms with Crippen LogP contribution in [0, 0.1) is 0 Å². The molecule has 0 aliphatic carbocycles. The van der Waals surface area contributed by atoms with E-state index in [0.717, 1.165) is 43.7 Å². The molecule has 0 aromatic carbocycles.